The predicted octanol–water partition coefficient (Wildman–Crippen LogP) is 3.56. The molecule has 0 aliphatic carbocycles. The van der Waals surface area contributed by atoms with Gasteiger partial charge in [0.15, 0.2) is 0 Å². The Labute approximate surface area is 119 Å². The third-order valence-electron chi connectivity index (χ3n) is 3.28. The van der Waals surface area contributed by atoms with Gasteiger partial charge < -0.3 is 9.84 Å². The number of hydrogen-bond acceptors (Lipinski definition) is 2. The van der Waals surface area contributed by atoms with E-state index in [4.69, 9.17) is 4.74 Å². The highest BCUT2D eigenvalue weighted by Crippen LogP contribution is 2.38. The predicted molar refractivity (Wildman–Crippen MR) is 74.4 cm³/mol. The first-order chi connectivity index (χ1) is 9.16. The molecule has 1 aliphatic rings. The summed E-state index contributed by atoms with van der Waals surface area (Å²) >= 11 is 3.38. The molecule has 1 aliphatic heterocycles. The molecule has 0 fully saturated rings. The molecular formula is C15H11BrO3. The summed E-state index contributed by atoms with van der Waals surface area (Å²) in [5.41, 5.74) is 2.42. The summed E-state index contributed by atoms with van der Waals surface area (Å²) in [6, 6.07) is 13.0. The van der Waals surface area contributed by atoms with E-state index < -0.39 is 11.9 Å². The van der Waals surface area contributed by atoms with Crippen molar-refractivity contribution in [3.63, 3.8) is 0 Å². The second kappa shape index (κ2) is 4.70. The van der Waals surface area contributed by atoms with Crippen molar-refractivity contribution < 1.29 is 14.6 Å². The van der Waals surface area contributed by atoms with E-state index >= 15 is 0 Å². The first-order valence-electron chi connectivity index (χ1n) is 5.89. The van der Waals surface area contributed by atoms with E-state index in [-0.39, 0.29) is 0 Å². The zero-order valence-corrected chi connectivity index (χ0v) is 11.6. The molecule has 1 N–H and O–H groups in total. The van der Waals surface area contributed by atoms with Crippen LogP contribution in [0.2, 0.25) is 0 Å². The molecule has 0 bridgehead atoms. The second-order valence-electron chi connectivity index (χ2n) is 4.44. The number of hydrogen-bond donors (Lipinski definition) is 1. The van der Waals surface area contributed by atoms with Crippen molar-refractivity contribution in [3.05, 3.63) is 63.6 Å². The topological polar surface area (TPSA) is 46.5 Å². The van der Waals surface area contributed by atoms with E-state index in [0.717, 1.165) is 15.6 Å². The van der Waals surface area contributed by atoms with Gasteiger partial charge in [0.2, 0.25) is 0 Å². The van der Waals surface area contributed by atoms with Crippen LogP contribution in [0.3, 0.4) is 0 Å². The van der Waals surface area contributed by atoms with E-state index in [1.807, 2.05) is 36.4 Å². The molecule has 0 saturated carbocycles. The number of carbonyl (C=O) groups is 1. The van der Waals surface area contributed by atoms with E-state index in [1.54, 1.807) is 6.07 Å². The quantitative estimate of drug-likeness (QED) is 0.874. The van der Waals surface area contributed by atoms with E-state index in [9.17, 15) is 9.90 Å². The van der Waals surface area contributed by atoms with Gasteiger partial charge in [-0.1, -0.05) is 46.3 Å². The molecule has 1 heterocycles. The third-order valence-corrected chi connectivity index (χ3v) is 3.78. The van der Waals surface area contributed by atoms with Crippen molar-refractivity contribution in [3.8, 4) is 5.75 Å². The van der Waals surface area contributed by atoms with Crippen molar-refractivity contribution in [2.24, 2.45) is 0 Å². The third kappa shape index (κ3) is 2.12. The fraction of sp³-hybridized carbons (Fsp3) is 0.133. The zero-order chi connectivity index (χ0) is 13.4. The van der Waals surface area contributed by atoms with Gasteiger partial charge in [0.25, 0.3) is 0 Å². The number of halogens is 1. The Kier molecular flexibility index (Phi) is 3.03. The van der Waals surface area contributed by atoms with Crippen LogP contribution in [-0.2, 0) is 11.4 Å². The minimum absolute atomic E-state index is 0.392. The van der Waals surface area contributed by atoms with Crippen molar-refractivity contribution in [1.82, 2.24) is 0 Å². The van der Waals surface area contributed by atoms with Crippen LogP contribution in [0.15, 0.2) is 46.9 Å². The molecule has 1 atom stereocenters. The molecule has 0 amide bonds. The molecule has 19 heavy (non-hydrogen) atoms. The molecule has 0 aromatic heterocycles. The average Bonchev–Trinajstić information content (AvgIpc) is 2.55. The normalized spacial score (nSPS) is 16.8. The second-order valence-corrected chi connectivity index (χ2v) is 5.36. The SMILES string of the molecule is O=C(O)[C@H]1c2ccccc2COc2cc(Br)ccc21. The molecule has 2 aromatic rings. The summed E-state index contributed by atoms with van der Waals surface area (Å²) in [5.74, 6) is -0.915. The summed E-state index contributed by atoms with van der Waals surface area (Å²) in [6.45, 7) is 0.392. The monoisotopic (exact) mass is 318 g/mol. The minimum atomic E-state index is -0.860. The van der Waals surface area contributed by atoms with Crippen molar-refractivity contribution in [2.75, 3.05) is 0 Å². The molecule has 0 unspecified atom stereocenters. The molecule has 2 aromatic carbocycles. The molecule has 3 rings (SSSR count). The van der Waals surface area contributed by atoms with Gasteiger partial charge in [-0.2, -0.15) is 0 Å². The highest BCUT2D eigenvalue weighted by atomic mass is 79.9. The van der Waals surface area contributed by atoms with Crippen molar-refractivity contribution in [2.45, 2.75) is 12.5 Å². The van der Waals surface area contributed by atoms with Gasteiger partial charge in [-0.15, -0.1) is 0 Å². The lowest BCUT2D eigenvalue weighted by Gasteiger charge is -2.14. The van der Waals surface area contributed by atoms with Crippen LogP contribution >= 0.6 is 15.9 Å². The molecule has 0 spiro atoms. The molecule has 0 radical (unpaired) electrons. The molecule has 4 heteroatoms. The van der Waals surface area contributed by atoms with Gasteiger partial charge in [0.1, 0.15) is 18.3 Å². The fourth-order valence-corrected chi connectivity index (χ4v) is 2.75. The Morgan fingerprint density at radius 2 is 2.00 bits per heavy atom. The maximum absolute atomic E-state index is 11.7. The zero-order valence-electron chi connectivity index (χ0n) is 9.97. The molecule has 96 valence electrons. The first kappa shape index (κ1) is 12.2. The molecule has 0 saturated heterocycles. The summed E-state index contributed by atoms with van der Waals surface area (Å²) in [4.78, 5) is 11.7. The maximum atomic E-state index is 11.7. The fourth-order valence-electron chi connectivity index (χ4n) is 2.41. The van der Waals surface area contributed by atoms with E-state index in [2.05, 4.69) is 15.9 Å². The standard InChI is InChI=1S/C15H11BrO3/c16-10-5-6-12-13(7-10)19-8-9-3-1-2-4-11(9)14(12)15(17)18/h1-7,14H,8H2,(H,17,18)/t14-/m0/s1. The van der Waals surface area contributed by atoms with Gasteiger partial charge in [0, 0.05) is 10.0 Å². The van der Waals surface area contributed by atoms with Gasteiger partial charge in [-0.25, -0.2) is 0 Å². The Balaban J connectivity index is 2.24. The maximum Gasteiger partial charge on any atom is 0.315 e. The van der Waals surface area contributed by atoms with Gasteiger partial charge in [-0.05, 0) is 23.3 Å². The van der Waals surface area contributed by atoms with Crippen molar-refractivity contribution in [1.29, 1.82) is 0 Å². The van der Waals surface area contributed by atoms with Crippen LogP contribution in [-0.4, -0.2) is 11.1 Å². The lowest BCUT2D eigenvalue weighted by molar-refractivity contribution is -0.137. The summed E-state index contributed by atoms with van der Waals surface area (Å²) < 4.78 is 6.62. The Morgan fingerprint density at radius 1 is 1.21 bits per heavy atom. The van der Waals surface area contributed by atoms with Gasteiger partial charge in [0.05, 0.1) is 0 Å². The number of benzene rings is 2. The summed E-state index contributed by atoms with van der Waals surface area (Å²) in [5, 5.41) is 9.56. The smallest absolute Gasteiger partial charge is 0.315 e. The van der Waals surface area contributed by atoms with Crippen LogP contribution in [0.25, 0.3) is 0 Å². The molecule has 3 nitrogen and oxygen atoms in total. The number of carboxylic acid groups (broad SMARTS) is 1. The number of carboxylic acids is 1. The van der Waals surface area contributed by atoms with Crippen LogP contribution in [0, 0.1) is 0 Å². The Morgan fingerprint density at radius 3 is 2.79 bits per heavy atom. The van der Waals surface area contributed by atoms with Crippen LogP contribution in [0.5, 0.6) is 5.75 Å². The highest BCUT2D eigenvalue weighted by molar-refractivity contribution is 9.10. The number of ether oxygens (including phenoxy) is 1. The van der Waals surface area contributed by atoms with Gasteiger partial charge in [-0.3, -0.25) is 4.79 Å². The summed E-state index contributed by atoms with van der Waals surface area (Å²) in [6.07, 6.45) is 0. The van der Waals surface area contributed by atoms with Crippen LogP contribution < -0.4 is 4.74 Å². The lowest BCUT2D eigenvalue weighted by Crippen LogP contribution is -2.13. The summed E-state index contributed by atoms with van der Waals surface area (Å²) in [7, 11) is 0. The average molecular weight is 319 g/mol. The highest BCUT2D eigenvalue weighted by Gasteiger charge is 2.30. The van der Waals surface area contributed by atoms with E-state index in [0.29, 0.717) is 17.9 Å². The first-order valence-corrected chi connectivity index (χ1v) is 6.69. The van der Waals surface area contributed by atoms with Crippen LogP contribution in [0.1, 0.15) is 22.6 Å². The van der Waals surface area contributed by atoms with Crippen molar-refractivity contribution >= 4 is 21.9 Å². The molecular weight excluding hydrogens is 308 g/mol. The van der Waals surface area contributed by atoms with E-state index in [1.165, 1.54) is 0 Å². The Bertz CT molecular complexity index is 652. The van der Waals surface area contributed by atoms with Crippen LogP contribution in [0.4, 0.5) is 0 Å². The largest absolute Gasteiger partial charge is 0.489 e. The van der Waals surface area contributed by atoms with Gasteiger partial charge >= 0.3 is 5.97 Å². The minimum Gasteiger partial charge on any atom is -0.489 e. The number of fused-ring (bicyclic) bond motifs is 2. The number of rotatable bonds is 1. The Hall–Kier alpha value is -1.81. The number of aliphatic carboxylic acids is 1. The lowest BCUT2D eigenvalue weighted by atomic mass is 9.88.